The van der Waals surface area contributed by atoms with Gasteiger partial charge in [-0.15, -0.1) is 0 Å². The molecule has 0 radical (unpaired) electrons. The van der Waals surface area contributed by atoms with Gasteiger partial charge in [0.05, 0.1) is 18.9 Å². The Labute approximate surface area is 153 Å². The summed E-state index contributed by atoms with van der Waals surface area (Å²) < 4.78 is 58.6. The molecule has 1 aromatic heterocycles. The minimum atomic E-state index is -4.57. The molecule has 0 atom stereocenters. The second-order valence-electron chi connectivity index (χ2n) is 6.05. The number of ether oxygens (including phenoxy) is 1. The van der Waals surface area contributed by atoms with Crippen LogP contribution in [0.25, 0.3) is 0 Å². The predicted octanol–water partition coefficient (Wildman–Crippen LogP) is 3.56. The van der Waals surface area contributed by atoms with Crippen molar-refractivity contribution < 1.29 is 22.3 Å². The van der Waals surface area contributed by atoms with Crippen molar-refractivity contribution in [2.45, 2.75) is 13.1 Å². The molecule has 3 rings (SSSR count). The van der Waals surface area contributed by atoms with Gasteiger partial charge in [-0.05, 0) is 24.6 Å². The Morgan fingerprint density at radius 1 is 1.19 bits per heavy atom. The highest BCUT2D eigenvalue weighted by atomic mass is 19.4. The molecular weight excluding hydrogens is 366 g/mol. The number of anilines is 4. The van der Waals surface area contributed by atoms with Gasteiger partial charge in [-0.3, -0.25) is 0 Å². The highest BCUT2D eigenvalue weighted by molar-refractivity contribution is 5.65. The summed E-state index contributed by atoms with van der Waals surface area (Å²) in [6.07, 6.45) is -3.88. The van der Waals surface area contributed by atoms with Crippen LogP contribution in [0, 0.1) is 12.7 Å². The topological polar surface area (TPSA) is 62.3 Å². The molecule has 0 spiro atoms. The van der Waals surface area contributed by atoms with Crippen LogP contribution in [0.5, 0.6) is 0 Å². The van der Waals surface area contributed by atoms with Gasteiger partial charge in [-0.1, -0.05) is 0 Å². The number of alkyl halides is 3. The van der Waals surface area contributed by atoms with E-state index in [0.717, 1.165) is 0 Å². The minimum absolute atomic E-state index is 0.0611. The second-order valence-corrected chi connectivity index (χ2v) is 6.05. The van der Waals surface area contributed by atoms with E-state index in [1.165, 1.54) is 13.1 Å². The van der Waals surface area contributed by atoms with Gasteiger partial charge in [0, 0.05) is 32.0 Å². The Hall–Kier alpha value is -2.62. The Morgan fingerprint density at radius 2 is 1.89 bits per heavy atom. The minimum Gasteiger partial charge on any atom is -0.378 e. The summed E-state index contributed by atoms with van der Waals surface area (Å²) in [5.74, 6) is -0.859. The van der Waals surface area contributed by atoms with E-state index in [4.69, 9.17) is 4.74 Å². The highest BCUT2D eigenvalue weighted by Gasteiger charge is 2.35. The van der Waals surface area contributed by atoms with Gasteiger partial charge in [0.25, 0.3) is 0 Å². The predicted molar refractivity (Wildman–Crippen MR) is 94.0 cm³/mol. The number of aromatic nitrogens is 2. The molecule has 0 aliphatic carbocycles. The van der Waals surface area contributed by atoms with Crippen molar-refractivity contribution in [2.75, 3.05) is 48.9 Å². The van der Waals surface area contributed by atoms with Crippen molar-refractivity contribution in [3.63, 3.8) is 0 Å². The van der Waals surface area contributed by atoms with Crippen molar-refractivity contribution in [1.29, 1.82) is 0 Å². The molecule has 1 fully saturated rings. The van der Waals surface area contributed by atoms with Gasteiger partial charge in [-0.25, -0.2) is 9.37 Å². The van der Waals surface area contributed by atoms with E-state index in [-0.39, 0.29) is 11.8 Å². The van der Waals surface area contributed by atoms with Crippen molar-refractivity contribution >= 4 is 23.1 Å². The normalized spacial score (nSPS) is 15.0. The number of nitrogens with zero attached hydrogens (tertiary/aromatic N) is 3. The number of halogens is 4. The maximum atomic E-state index is 14.6. The number of aryl methyl sites for hydroxylation is 1. The number of hydrogen-bond acceptors (Lipinski definition) is 6. The van der Waals surface area contributed by atoms with Gasteiger partial charge in [0.15, 0.2) is 0 Å². The van der Waals surface area contributed by atoms with Crippen LogP contribution >= 0.6 is 0 Å². The van der Waals surface area contributed by atoms with Crippen LogP contribution in [0.4, 0.5) is 40.7 Å². The molecule has 0 amide bonds. The maximum absolute atomic E-state index is 14.6. The molecule has 146 valence electrons. The van der Waals surface area contributed by atoms with Crippen LogP contribution in [0.3, 0.4) is 0 Å². The molecule has 27 heavy (non-hydrogen) atoms. The van der Waals surface area contributed by atoms with Crippen LogP contribution in [-0.4, -0.2) is 43.3 Å². The van der Waals surface area contributed by atoms with E-state index >= 15 is 0 Å². The molecule has 0 unspecified atom stereocenters. The second kappa shape index (κ2) is 7.55. The van der Waals surface area contributed by atoms with Gasteiger partial charge in [-0.2, -0.15) is 18.2 Å². The van der Waals surface area contributed by atoms with Gasteiger partial charge in [0.1, 0.15) is 17.2 Å². The maximum Gasteiger partial charge on any atom is 0.421 e. The molecule has 1 aromatic carbocycles. The molecule has 6 nitrogen and oxygen atoms in total. The average molecular weight is 385 g/mol. The largest absolute Gasteiger partial charge is 0.421 e. The molecule has 10 heteroatoms. The van der Waals surface area contributed by atoms with Crippen LogP contribution in [-0.2, 0) is 10.9 Å². The molecular formula is C17H19F4N5O. The SMILES string of the molecule is CNc1nc(Nc2cc(F)c(N3CCOCC3)cc2C)ncc1C(F)(F)F. The Morgan fingerprint density at radius 3 is 2.52 bits per heavy atom. The lowest BCUT2D eigenvalue weighted by atomic mass is 10.1. The Bertz CT molecular complexity index is 822. The molecule has 1 aliphatic rings. The Kier molecular flexibility index (Phi) is 5.36. The van der Waals surface area contributed by atoms with Crippen LogP contribution in [0.15, 0.2) is 18.3 Å². The van der Waals surface area contributed by atoms with Gasteiger partial charge in [0.2, 0.25) is 5.95 Å². The summed E-state index contributed by atoms with van der Waals surface area (Å²) in [6, 6.07) is 2.98. The standard InChI is InChI=1S/C17H19F4N5O/c1-10-7-14(26-3-5-27-6-4-26)12(18)8-13(10)24-16-23-9-11(17(19,20)21)15(22-2)25-16/h7-9H,3-6H2,1-2H3,(H2,22,23,24,25). The van der Waals surface area contributed by atoms with Crippen molar-refractivity contribution in [3.05, 3.63) is 35.3 Å². The van der Waals surface area contributed by atoms with Crippen molar-refractivity contribution in [2.24, 2.45) is 0 Å². The lowest BCUT2D eigenvalue weighted by Crippen LogP contribution is -2.36. The summed E-state index contributed by atoms with van der Waals surface area (Å²) in [4.78, 5) is 9.43. The van der Waals surface area contributed by atoms with Crippen LogP contribution in [0.1, 0.15) is 11.1 Å². The fraction of sp³-hybridized carbons (Fsp3) is 0.412. The molecule has 2 aromatic rings. The monoisotopic (exact) mass is 385 g/mol. The molecule has 1 saturated heterocycles. The van der Waals surface area contributed by atoms with Gasteiger partial charge < -0.3 is 20.3 Å². The fourth-order valence-electron chi connectivity index (χ4n) is 2.81. The van der Waals surface area contributed by atoms with E-state index < -0.39 is 17.6 Å². The third-order valence-corrected chi connectivity index (χ3v) is 4.22. The van der Waals surface area contributed by atoms with E-state index in [9.17, 15) is 17.6 Å². The molecule has 0 saturated carbocycles. The fourth-order valence-corrected chi connectivity index (χ4v) is 2.81. The summed E-state index contributed by atoms with van der Waals surface area (Å²) in [7, 11) is 1.34. The molecule has 0 bridgehead atoms. The lowest BCUT2D eigenvalue weighted by molar-refractivity contribution is -0.137. The third-order valence-electron chi connectivity index (χ3n) is 4.22. The molecule has 2 N–H and O–H groups in total. The molecule has 1 aliphatic heterocycles. The van der Waals surface area contributed by atoms with E-state index in [0.29, 0.717) is 49.4 Å². The lowest BCUT2D eigenvalue weighted by Gasteiger charge is -2.29. The quantitative estimate of drug-likeness (QED) is 0.785. The first-order valence-corrected chi connectivity index (χ1v) is 8.31. The number of nitrogens with one attached hydrogen (secondary N) is 2. The van der Waals surface area contributed by atoms with Crippen molar-refractivity contribution in [3.8, 4) is 0 Å². The third kappa shape index (κ3) is 4.21. The Balaban J connectivity index is 1.86. The summed E-state index contributed by atoms with van der Waals surface area (Å²) >= 11 is 0. The zero-order valence-corrected chi connectivity index (χ0v) is 14.8. The number of hydrogen-bond donors (Lipinski definition) is 2. The summed E-state index contributed by atoms with van der Waals surface area (Å²) in [5.41, 5.74) is 0.588. The smallest absolute Gasteiger partial charge is 0.378 e. The first kappa shape index (κ1) is 19.2. The van der Waals surface area contributed by atoms with Crippen molar-refractivity contribution in [1.82, 2.24) is 9.97 Å². The molecule has 2 heterocycles. The van der Waals surface area contributed by atoms with E-state index in [1.54, 1.807) is 13.0 Å². The zero-order chi connectivity index (χ0) is 19.6. The van der Waals surface area contributed by atoms with E-state index in [2.05, 4.69) is 20.6 Å². The van der Waals surface area contributed by atoms with Crippen LogP contribution in [0.2, 0.25) is 0 Å². The zero-order valence-electron chi connectivity index (χ0n) is 14.8. The number of rotatable bonds is 4. The first-order chi connectivity index (χ1) is 12.8. The average Bonchev–Trinajstić information content (AvgIpc) is 2.64. The number of morpholine rings is 1. The summed E-state index contributed by atoms with van der Waals surface area (Å²) in [6.45, 7) is 4.03. The summed E-state index contributed by atoms with van der Waals surface area (Å²) in [5, 5.41) is 5.19. The van der Waals surface area contributed by atoms with Gasteiger partial charge >= 0.3 is 6.18 Å². The van der Waals surface area contributed by atoms with Crippen LogP contribution < -0.4 is 15.5 Å². The number of benzene rings is 1. The van der Waals surface area contributed by atoms with E-state index in [1.807, 2.05) is 4.90 Å². The first-order valence-electron chi connectivity index (χ1n) is 8.31. The highest BCUT2D eigenvalue weighted by Crippen LogP contribution is 2.34.